The maximum Gasteiger partial charge on any atom is 0.236 e. The molecule has 1 aromatic carbocycles. The van der Waals surface area contributed by atoms with Gasteiger partial charge in [-0.1, -0.05) is 30.3 Å². The lowest BCUT2D eigenvalue weighted by Crippen LogP contribution is -2.41. The third-order valence-electron chi connectivity index (χ3n) is 3.17. The number of carbonyl (C=O) groups is 1. The van der Waals surface area contributed by atoms with Crippen LogP contribution < -0.4 is 5.73 Å². The highest BCUT2D eigenvalue weighted by Crippen LogP contribution is 2.04. The van der Waals surface area contributed by atoms with Crippen LogP contribution in [-0.2, 0) is 11.3 Å². The fourth-order valence-electron chi connectivity index (χ4n) is 2.11. The highest BCUT2D eigenvalue weighted by Gasteiger charge is 2.14. The normalized spacial score (nSPS) is 10.2. The smallest absolute Gasteiger partial charge is 0.236 e. The number of amides is 1. The molecule has 5 heteroatoms. The molecule has 0 saturated heterocycles. The van der Waals surface area contributed by atoms with Gasteiger partial charge in [0.1, 0.15) is 0 Å². The predicted octanol–water partition coefficient (Wildman–Crippen LogP) is 1.74. The Morgan fingerprint density at radius 3 is 2.25 bits per heavy atom. The highest BCUT2D eigenvalue weighted by atomic mass is 35.5. The molecule has 1 aromatic rings. The van der Waals surface area contributed by atoms with Crippen molar-refractivity contribution in [1.82, 2.24) is 9.80 Å². The number of hydrogen-bond acceptors (Lipinski definition) is 3. The van der Waals surface area contributed by atoms with Gasteiger partial charge in [0.25, 0.3) is 0 Å². The van der Waals surface area contributed by atoms with E-state index in [-0.39, 0.29) is 18.3 Å². The van der Waals surface area contributed by atoms with Crippen molar-refractivity contribution in [3.63, 3.8) is 0 Å². The highest BCUT2D eigenvalue weighted by molar-refractivity contribution is 5.85. The molecule has 1 rings (SSSR count). The van der Waals surface area contributed by atoms with Crippen LogP contribution in [-0.4, -0.2) is 48.4 Å². The fraction of sp³-hybridized carbons (Fsp3) is 0.533. The number of rotatable bonds is 8. The standard InChI is InChI=1S/C15H25N3O.ClH/c1-3-18(4-2)15(19)13-17(11-10-16)12-14-8-6-5-7-9-14;/h5-9H,3-4,10-13,16H2,1-2H3;1H. The van der Waals surface area contributed by atoms with E-state index < -0.39 is 0 Å². The van der Waals surface area contributed by atoms with Crippen LogP contribution in [0.1, 0.15) is 19.4 Å². The quantitative estimate of drug-likeness (QED) is 0.795. The van der Waals surface area contributed by atoms with Crippen molar-refractivity contribution in [3.05, 3.63) is 35.9 Å². The Morgan fingerprint density at radius 2 is 1.75 bits per heavy atom. The lowest BCUT2D eigenvalue weighted by Gasteiger charge is -2.25. The predicted molar refractivity (Wildman–Crippen MR) is 85.9 cm³/mol. The molecule has 0 unspecified atom stereocenters. The summed E-state index contributed by atoms with van der Waals surface area (Å²) in [6, 6.07) is 10.2. The zero-order valence-electron chi connectivity index (χ0n) is 12.4. The van der Waals surface area contributed by atoms with Gasteiger partial charge in [-0.25, -0.2) is 0 Å². The molecule has 0 spiro atoms. The summed E-state index contributed by atoms with van der Waals surface area (Å²) in [5.41, 5.74) is 6.84. The van der Waals surface area contributed by atoms with Crippen molar-refractivity contribution < 1.29 is 4.79 Å². The van der Waals surface area contributed by atoms with Crippen LogP contribution in [0.25, 0.3) is 0 Å². The number of hydrogen-bond donors (Lipinski definition) is 1. The number of carbonyl (C=O) groups excluding carboxylic acids is 1. The monoisotopic (exact) mass is 299 g/mol. The Kier molecular flexibility index (Phi) is 10.1. The zero-order valence-corrected chi connectivity index (χ0v) is 13.2. The molecule has 0 fully saturated rings. The number of nitrogens with two attached hydrogens (primary N) is 1. The summed E-state index contributed by atoms with van der Waals surface area (Å²) in [6.07, 6.45) is 0. The van der Waals surface area contributed by atoms with E-state index in [0.717, 1.165) is 26.2 Å². The van der Waals surface area contributed by atoms with E-state index in [4.69, 9.17) is 5.73 Å². The maximum atomic E-state index is 12.1. The van der Waals surface area contributed by atoms with Crippen LogP contribution in [0.5, 0.6) is 0 Å². The molecule has 0 aliphatic rings. The van der Waals surface area contributed by atoms with E-state index >= 15 is 0 Å². The Morgan fingerprint density at radius 1 is 1.15 bits per heavy atom. The molecule has 0 bridgehead atoms. The van der Waals surface area contributed by atoms with Crippen LogP contribution in [0.2, 0.25) is 0 Å². The van der Waals surface area contributed by atoms with Gasteiger partial charge < -0.3 is 10.6 Å². The molecule has 1 amide bonds. The van der Waals surface area contributed by atoms with E-state index in [1.165, 1.54) is 5.56 Å². The molecule has 0 saturated carbocycles. The van der Waals surface area contributed by atoms with Gasteiger partial charge in [-0.15, -0.1) is 12.4 Å². The summed E-state index contributed by atoms with van der Waals surface area (Å²) in [5.74, 6) is 0.175. The Bertz CT molecular complexity index is 369. The third-order valence-corrected chi connectivity index (χ3v) is 3.17. The zero-order chi connectivity index (χ0) is 14.1. The van der Waals surface area contributed by atoms with Gasteiger partial charge >= 0.3 is 0 Å². The van der Waals surface area contributed by atoms with Crippen molar-refractivity contribution in [2.75, 3.05) is 32.7 Å². The van der Waals surface area contributed by atoms with E-state index in [2.05, 4.69) is 17.0 Å². The minimum atomic E-state index is 0. The average Bonchev–Trinajstić information content (AvgIpc) is 2.41. The number of halogens is 1. The second-order valence-corrected chi connectivity index (χ2v) is 4.55. The molecule has 0 aromatic heterocycles. The number of nitrogens with zero attached hydrogens (tertiary/aromatic N) is 2. The van der Waals surface area contributed by atoms with Gasteiger partial charge in [-0.2, -0.15) is 0 Å². The van der Waals surface area contributed by atoms with Crippen molar-refractivity contribution in [3.8, 4) is 0 Å². The fourth-order valence-corrected chi connectivity index (χ4v) is 2.11. The van der Waals surface area contributed by atoms with Crippen LogP contribution in [0.15, 0.2) is 30.3 Å². The number of benzene rings is 1. The number of likely N-dealkylation sites (N-methyl/N-ethyl adjacent to an activating group) is 1. The van der Waals surface area contributed by atoms with Crippen LogP contribution in [0, 0.1) is 0 Å². The second kappa shape index (κ2) is 10.7. The largest absolute Gasteiger partial charge is 0.342 e. The van der Waals surface area contributed by atoms with Gasteiger partial charge in [0.05, 0.1) is 6.54 Å². The van der Waals surface area contributed by atoms with Gasteiger partial charge in [-0.05, 0) is 19.4 Å². The lowest BCUT2D eigenvalue weighted by molar-refractivity contribution is -0.132. The van der Waals surface area contributed by atoms with Crippen molar-refractivity contribution in [1.29, 1.82) is 0 Å². The molecule has 114 valence electrons. The first kappa shape index (κ1) is 18.9. The molecular formula is C15H26ClN3O. The summed E-state index contributed by atoms with van der Waals surface area (Å²) in [5, 5.41) is 0. The van der Waals surface area contributed by atoms with Crippen LogP contribution in [0.4, 0.5) is 0 Å². The average molecular weight is 300 g/mol. The Balaban J connectivity index is 0.00000361. The van der Waals surface area contributed by atoms with Gasteiger partial charge in [0, 0.05) is 32.7 Å². The van der Waals surface area contributed by atoms with E-state index in [1.807, 2.05) is 36.9 Å². The molecule has 0 aliphatic heterocycles. The Hall–Kier alpha value is -1.10. The second-order valence-electron chi connectivity index (χ2n) is 4.55. The molecule has 20 heavy (non-hydrogen) atoms. The minimum absolute atomic E-state index is 0. The van der Waals surface area contributed by atoms with Crippen molar-refractivity contribution in [2.24, 2.45) is 5.73 Å². The first-order valence-corrected chi connectivity index (χ1v) is 6.95. The van der Waals surface area contributed by atoms with Crippen molar-refractivity contribution >= 4 is 18.3 Å². The molecule has 0 atom stereocenters. The first-order valence-electron chi connectivity index (χ1n) is 6.95. The molecule has 0 heterocycles. The third kappa shape index (κ3) is 6.37. The van der Waals surface area contributed by atoms with Gasteiger partial charge in [0.15, 0.2) is 0 Å². The summed E-state index contributed by atoms with van der Waals surface area (Å²) < 4.78 is 0. The summed E-state index contributed by atoms with van der Waals surface area (Å²) in [7, 11) is 0. The summed E-state index contributed by atoms with van der Waals surface area (Å²) >= 11 is 0. The van der Waals surface area contributed by atoms with Crippen LogP contribution >= 0.6 is 12.4 Å². The Labute approximate surface area is 128 Å². The lowest BCUT2D eigenvalue weighted by atomic mass is 10.2. The SMILES string of the molecule is CCN(CC)C(=O)CN(CCN)Cc1ccccc1.Cl. The molecule has 0 aliphatic carbocycles. The molecule has 0 radical (unpaired) electrons. The molecule has 4 nitrogen and oxygen atoms in total. The first-order chi connectivity index (χ1) is 9.21. The molecular weight excluding hydrogens is 274 g/mol. The summed E-state index contributed by atoms with van der Waals surface area (Å²) in [6.45, 7) is 8.05. The molecule has 2 N–H and O–H groups in total. The van der Waals surface area contributed by atoms with Crippen LogP contribution in [0.3, 0.4) is 0 Å². The van der Waals surface area contributed by atoms with Gasteiger partial charge in [-0.3, -0.25) is 9.69 Å². The maximum absolute atomic E-state index is 12.1. The van der Waals surface area contributed by atoms with Crippen molar-refractivity contribution in [2.45, 2.75) is 20.4 Å². The van der Waals surface area contributed by atoms with E-state index in [9.17, 15) is 4.79 Å². The summed E-state index contributed by atoms with van der Waals surface area (Å²) in [4.78, 5) is 16.1. The van der Waals surface area contributed by atoms with E-state index in [1.54, 1.807) is 0 Å². The minimum Gasteiger partial charge on any atom is -0.342 e. The van der Waals surface area contributed by atoms with Gasteiger partial charge in [0.2, 0.25) is 5.91 Å². The van der Waals surface area contributed by atoms with E-state index in [0.29, 0.717) is 13.1 Å². The topological polar surface area (TPSA) is 49.6 Å².